The molecule has 304 valence electrons. The van der Waals surface area contributed by atoms with Gasteiger partial charge in [-0.3, -0.25) is 0 Å². The Hall–Kier alpha value is -0.886. The van der Waals surface area contributed by atoms with Gasteiger partial charge in [-0.25, -0.2) is 0 Å². The van der Waals surface area contributed by atoms with Crippen LogP contribution >= 0.6 is 0 Å². The van der Waals surface area contributed by atoms with Gasteiger partial charge in [0.25, 0.3) is 0 Å². The summed E-state index contributed by atoms with van der Waals surface area (Å²) in [5.41, 5.74) is -1.70. The largest absolute Gasteiger partial charge is 0.411 e. The molecule has 1 N–H and O–H groups in total. The van der Waals surface area contributed by atoms with E-state index in [1.54, 1.807) is 14.2 Å². The van der Waals surface area contributed by atoms with Crippen molar-refractivity contribution in [3.63, 3.8) is 0 Å². The number of aliphatic hydroxyl groups is 1. The molecule has 0 spiro atoms. The molecule has 1 fully saturated rings. The predicted molar refractivity (Wildman–Crippen MR) is 217 cm³/mol. The van der Waals surface area contributed by atoms with E-state index in [-0.39, 0.29) is 42.7 Å². The molecule has 11 heteroatoms. The maximum absolute atomic E-state index is 11.8. The van der Waals surface area contributed by atoms with Crippen LogP contribution < -0.4 is 0 Å². The van der Waals surface area contributed by atoms with Crippen molar-refractivity contribution in [2.75, 3.05) is 27.8 Å². The highest BCUT2D eigenvalue weighted by Gasteiger charge is 2.58. The standard InChI is InChI=1S/C41H78O9Si2/c1-20-30(6)34(45-28-43-16)33(49-52(22-3,23-4)24-5)27-31(7)32(42)25-26-41(15,50-51(18,19)38(8,9)10)37-35(47-40(13,14)48-37)36(46-29-44-17)39(11,12)21-2/h20-21,30-37,42H,1-2,22-24,27-29H2,3-19H3/t30-,31-,32+,33-,34-,35+,36+,37+,41+/m0/s1. The highest BCUT2D eigenvalue weighted by Crippen LogP contribution is 2.46. The zero-order chi connectivity index (χ0) is 40.3. The Morgan fingerprint density at radius 1 is 0.904 bits per heavy atom. The number of hydrogen-bond acceptors (Lipinski definition) is 9. The van der Waals surface area contributed by atoms with Crippen LogP contribution in [0.3, 0.4) is 0 Å². The summed E-state index contributed by atoms with van der Waals surface area (Å²) in [6, 6.07) is 2.98. The van der Waals surface area contributed by atoms with Crippen molar-refractivity contribution in [3.05, 3.63) is 25.3 Å². The van der Waals surface area contributed by atoms with Crippen molar-refractivity contribution in [2.24, 2.45) is 17.3 Å². The molecule has 1 saturated heterocycles. The minimum absolute atomic E-state index is 0.00187. The van der Waals surface area contributed by atoms with Crippen LogP contribution in [-0.4, -0.2) is 97.6 Å². The lowest BCUT2D eigenvalue weighted by Gasteiger charge is -2.46. The lowest BCUT2D eigenvalue weighted by Crippen LogP contribution is -2.59. The molecule has 0 unspecified atom stereocenters. The molecule has 52 heavy (non-hydrogen) atoms. The van der Waals surface area contributed by atoms with E-state index in [1.165, 1.54) is 0 Å². The van der Waals surface area contributed by atoms with E-state index < -0.39 is 57.9 Å². The minimum atomic E-state index is -2.47. The lowest BCUT2D eigenvalue weighted by atomic mass is 9.79. The third kappa shape index (κ3) is 13.1. The molecule has 1 rings (SSSR count). The Bertz CT molecular complexity index is 1140. The minimum Gasteiger partial charge on any atom is -0.411 e. The van der Waals surface area contributed by atoms with Crippen molar-refractivity contribution < 1.29 is 42.4 Å². The third-order valence-electron chi connectivity index (χ3n) is 11.4. The fraction of sp³-hybridized carbons (Fsp3) is 0.854. The zero-order valence-corrected chi connectivity index (χ0v) is 38.1. The molecular weight excluding hydrogens is 693 g/mol. The first kappa shape index (κ1) is 49.1. The molecule has 0 aromatic heterocycles. The Labute approximate surface area is 321 Å². The van der Waals surface area contributed by atoms with E-state index in [1.807, 2.05) is 39.8 Å². The number of rotatable bonds is 23. The number of aliphatic hydroxyl groups excluding tert-OH is 1. The van der Waals surface area contributed by atoms with E-state index in [4.69, 9.17) is 37.3 Å². The summed E-state index contributed by atoms with van der Waals surface area (Å²) >= 11 is 0. The normalized spacial score (nSPS) is 23.0. The second-order valence-corrected chi connectivity index (χ2v) is 26.9. The van der Waals surface area contributed by atoms with Crippen LogP contribution in [0, 0.1) is 29.1 Å². The van der Waals surface area contributed by atoms with Gasteiger partial charge in [-0.1, -0.05) is 93.2 Å². The van der Waals surface area contributed by atoms with E-state index in [2.05, 4.69) is 100 Å². The smallest absolute Gasteiger partial charge is 0.194 e. The average molecular weight is 771 g/mol. The number of methoxy groups -OCH3 is 2. The summed E-state index contributed by atoms with van der Waals surface area (Å²) in [7, 11) is -1.31. The molecule has 9 nitrogen and oxygen atoms in total. The molecule has 1 aliphatic rings. The van der Waals surface area contributed by atoms with E-state index >= 15 is 0 Å². The SMILES string of the molecule is C=C[C@H](C)[C@H](OCOC)[C@H](C[C@H](C)[C@H](O)C#C[C@@](C)(O[Si](C)(C)C(C)(C)C)[C@@H]1OC(C)(C)O[C@@H]1[C@@H](OCOC)C(C)(C)C=C)O[Si](CC)(CC)CC. The topological polar surface area (TPSA) is 94.1 Å². The number of ether oxygens (including phenoxy) is 6. The molecule has 0 bridgehead atoms. The molecule has 0 amide bonds. The van der Waals surface area contributed by atoms with Gasteiger partial charge in [-0.05, 0) is 69.4 Å². The van der Waals surface area contributed by atoms with Crippen LogP contribution in [0.1, 0.15) is 96.4 Å². The summed E-state index contributed by atoms with van der Waals surface area (Å²) in [6.07, 6.45) is 0.960. The summed E-state index contributed by atoms with van der Waals surface area (Å²) in [4.78, 5) is 0. The molecule has 0 saturated carbocycles. The van der Waals surface area contributed by atoms with Crippen molar-refractivity contribution in [3.8, 4) is 11.8 Å². The Kier molecular flexibility index (Phi) is 19.2. The molecular formula is C41H78O9Si2. The monoisotopic (exact) mass is 771 g/mol. The second kappa shape index (κ2) is 20.3. The summed E-state index contributed by atoms with van der Waals surface area (Å²) in [5.74, 6) is 5.47. The van der Waals surface area contributed by atoms with E-state index in [0.29, 0.717) is 6.42 Å². The maximum atomic E-state index is 11.8. The fourth-order valence-electron chi connectivity index (χ4n) is 6.57. The van der Waals surface area contributed by atoms with E-state index in [9.17, 15) is 5.11 Å². The lowest BCUT2D eigenvalue weighted by molar-refractivity contribution is -0.184. The van der Waals surface area contributed by atoms with Crippen LogP contribution in [0.2, 0.25) is 36.3 Å². The predicted octanol–water partition coefficient (Wildman–Crippen LogP) is 9.08. The average Bonchev–Trinajstić information content (AvgIpc) is 3.40. The molecule has 0 aromatic carbocycles. The van der Waals surface area contributed by atoms with Gasteiger partial charge in [0, 0.05) is 25.6 Å². The Balaban J connectivity index is 3.81. The van der Waals surface area contributed by atoms with Crippen molar-refractivity contribution in [1.29, 1.82) is 0 Å². The van der Waals surface area contributed by atoms with Crippen LogP contribution in [0.4, 0.5) is 0 Å². The van der Waals surface area contributed by atoms with Crippen LogP contribution in [0.5, 0.6) is 0 Å². The molecule has 0 aliphatic carbocycles. The van der Waals surface area contributed by atoms with Gasteiger partial charge in [0.1, 0.15) is 37.5 Å². The van der Waals surface area contributed by atoms with Crippen molar-refractivity contribution in [2.45, 2.75) is 181 Å². The van der Waals surface area contributed by atoms with E-state index in [0.717, 1.165) is 18.1 Å². The van der Waals surface area contributed by atoms with Crippen LogP contribution in [0.25, 0.3) is 0 Å². The Morgan fingerprint density at radius 3 is 1.90 bits per heavy atom. The molecule has 1 heterocycles. The van der Waals surface area contributed by atoms with Crippen molar-refractivity contribution in [1.82, 2.24) is 0 Å². The first-order chi connectivity index (χ1) is 23.9. The quantitative estimate of drug-likeness (QED) is 0.0473. The van der Waals surface area contributed by atoms with Gasteiger partial charge >= 0.3 is 0 Å². The highest BCUT2D eigenvalue weighted by atomic mass is 28.4. The summed E-state index contributed by atoms with van der Waals surface area (Å²) in [6.45, 7) is 40.0. The van der Waals surface area contributed by atoms with Gasteiger partial charge in [-0.2, -0.15) is 0 Å². The summed E-state index contributed by atoms with van der Waals surface area (Å²) < 4.78 is 51.0. The van der Waals surface area contributed by atoms with Crippen LogP contribution in [-0.2, 0) is 37.3 Å². The van der Waals surface area contributed by atoms with Gasteiger partial charge in [0.2, 0.25) is 0 Å². The third-order valence-corrected chi connectivity index (χ3v) is 20.7. The van der Waals surface area contributed by atoms with Crippen molar-refractivity contribution >= 4 is 16.6 Å². The summed E-state index contributed by atoms with van der Waals surface area (Å²) in [5, 5.41) is 11.7. The molecule has 9 atom stereocenters. The zero-order valence-electron chi connectivity index (χ0n) is 36.1. The fourth-order valence-corrected chi connectivity index (χ4v) is 11.0. The molecule has 1 aliphatic heterocycles. The Morgan fingerprint density at radius 2 is 1.44 bits per heavy atom. The first-order valence-corrected chi connectivity index (χ1v) is 24.7. The second-order valence-electron chi connectivity index (χ2n) is 17.5. The molecule has 0 radical (unpaired) electrons. The van der Waals surface area contributed by atoms with Crippen LogP contribution in [0.15, 0.2) is 25.3 Å². The van der Waals surface area contributed by atoms with Gasteiger partial charge in [0.05, 0.1) is 18.3 Å². The highest BCUT2D eigenvalue weighted by molar-refractivity contribution is 6.74. The molecule has 0 aromatic rings. The first-order valence-electron chi connectivity index (χ1n) is 19.3. The van der Waals surface area contributed by atoms with Gasteiger partial charge in [0.15, 0.2) is 22.4 Å². The van der Waals surface area contributed by atoms with Gasteiger partial charge < -0.3 is 42.4 Å². The van der Waals surface area contributed by atoms with Gasteiger partial charge in [-0.15, -0.1) is 13.2 Å². The maximum Gasteiger partial charge on any atom is 0.194 e. The number of hydrogen-bond donors (Lipinski definition) is 1.